The second kappa shape index (κ2) is 5.80. The predicted octanol–water partition coefficient (Wildman–Crippen LogP) is 5.83. The molecule has 18 heavy (non-hydrogen) atoms. The third-order valence-corrected chi connectivity index (χ3v) is 5.81. The highest BCUT2D eigenvalue weighted by molar-refractivity contribution is 5.03. The number of fused-ring (bicyclic) bond motifs is 1. The zero-order valence-electron chi connectivity index (χ0n) is 12.9. The van der Waals surface area contributed by atoms with Crippen LogP contribution in [-0.2, 0) is 0 Å². The Morgan fingerprint density at radius 3 is 2.61 bits per heavy atom. The first-order valence-corrected chi connectivity index (χ1v) is 8.20. The van der Waals surface area contributed by atoms with Gasteiger partial charge in [-0.05, 0) is 61.2 Å². The molecular weight excluding hydrogens is 216 g/mol. The van der Waals surface area contributed by atoms with Crippen LogP contribution in [0.25, 0.3) is 0 Å². The molecule has 0 amide bonds. The lowest BCUT2D eigenvalue weighted by Crippen LogP contribution is -2.34. The van der Waals surface area contributed by atoms with Gasteiger partial charge in [0.2, 0.25) is 0 Å². The van der Waals surface area contributed by atoms with Gasteiger partial charge in [0.25, 0.3) is 0 Å². The van der Waals surface area contributed by atoms with E-state index in [0.29, 0.717) is 5.41 Å². The third-order valence-electron chi connectivity index (χ3n) is 5.81. The first-order chi connectivity index (χ1) is 8.54. The molecule has 0 unspecified atom stereocenters. The van der Waals surface area contributed by atoms with Crippen LogP contribution in [0.1, 0.15) is 72.6 Å². The molecule has 0 radical (unpaired) electrons. The van der Waals surface area contributed by atoms with Crippen LogP contribution in [0.5, 0.6) is 0 Å². The second-order valence-corrected chi connectivity index (χ2v) is 7.55. The topological polar surface area (TPSA) is 0 Å². The van der Waals surface area contributed by atoms with E-state index in [4.69, 9.17) is 0 Å². The molecule has 0 nitrogen and oxygen atoms in total. The van der Waals surface area contributed by atoms with Crippen molar-refractivity contribution in [1.82, 2.24) is 0 Å². The fourth-order valence-electron chi connectivity index (χ4n) is 4.67. The molecule has 4 atom stereocenters. The van der Waals surface area contributed by atoms with E-state index in [2.05, 4.69) is 39.8 Å². The Labute approximate surface area is 114 Å². The molecule has 0 heteroatoms. The van der Waals surface area contributed by atoms with Crippen LogP contribution >= 0.6 is 0 Å². The molecular formula is C18H32. The minimum Gasteiger partial charge on any atom is -0.0880 e. The molecule has 2 saturated carbocycles. The largest absolute Gasteiger partial charge is 0.0880 e. The molecule has 0 aromatic heterocycles. The summed E-state index contributed by atoms with van der Waals surface area (Å²) in [6, 6.07) is 0. The maximum Gasteiger partial charge on any atom is -0.0228 e. The minimum atomic E-state index is 0.667. The van der Waals surface area contributed by atoms with Crippen molar-refractivity contribution in [2.45, 2.75) is 72.6 Å². The van der Waals surface area contributed by atoms with E-state index in [1.807, 2.05) is 0 Å². The van der Waals surface area contributed by atoms with Crippen molar-refractivity contribution in [2.24, 2.45) is 29.1 Å². The molecule has 2 aliphatic carbocycles. The Bertz CT molecular complexity index is 288. The van der Waals surface area contributed by atoms with E-state index < -0.39 is 0 Å². The van der Waals surface area contributed by atoms with E-state index in [0.717, 1.165) is 23.7 Å². The second-order valence-electron chi connectivity index (χ2n) is 7.55. The van der Waals surface area contributed by atoms with Gasteiger partial charge in [-0.25, -0.2) is 0 Å². The monoisotopic (exact) mass is 248 g/mol. The van der Waals surface area contributed by atoms with Crippen LogP contribution in [0.3, 0.4) is 0 Å². The average Bonchev–Trinajstić information content (AvgIpc) is 2.65. The average molecular weight is 248 g/mol. The van der Waals surface area contributed by atoms with Crippen molar-refractivity contribution < 1.29 is 0 Å². The lowest BCUT2D eigenvalue weighted by atomic mass is 9.63. The van der Waals surface area contributed by atoms with Crippen molar-refractivity contribution in [2.75, 3.05) is 0 Å². The molecule has 0 aromatic carbocycles. The normalized spacial score (nSPS) is 38.3. The van der Waals surface area contributed by atoms with Gasteiger partial charge >= 0.3 is 0 Å². The summed E-state index contributed by atoms with van der Waals surface area (Å²) in [7, 11) is 0. The molecule has 0 spiro atoms. The SMILES string of the molecule is CC(C)C/C=C\[C@@H](C)[C@H]1CC[C@H]2CCCC[C@@]21C. The minimum absolute atomic E-state index is 0.667. The number of rotatable bonds is 4. The summed E-state index contributed by atoms with van der Waals surface area (Å²) < 4.78 is 0. The Balaban J connectivity index is 1.98. The highest BCUT2D eigenvalue weighted by Crippen LogP contribution is 2.57. The van der Waals surface area contributed by atoms with E-state index in [1.165, 1.54) is 44.9 Å². The number of allylic oxidation sites excluding steroid dienone is 2. The van der Waals surface area contributed by atoms with Gasteiger partial charge in [-0.3, -0.25) is 0 Å². The van der Waals surface area contributed by atoms with Crippen LogP contribution in [0.4, 0.5) is 0 Å². The van der Waals surface area contributed by atoms with E-state index in [1.54, 1.807) is 0 Å². The summed E-state index contributed by atoms with van der Waals surface area (Å²) in [5.74, 6) is 3.58. The summed E-state index contributed by atoms with van der Waals surface area (Å²) >= 11 is 0. The molecule has 2 fully saturated rings. The zero-order chi connectivity index (χ0) is 13.2. The summed E-state index contributed by atoms with van der Waals surface area (Å²) in [4.78, 5) is 0. The molecule has 0 saturated heterocycles. The van der Waals surface area contributed by atoms with Crippen LogP contribution < -0.4 is 0 Å². The van der Waals surface area contributed by atoms with Gasteiger partial charge in [0.1, 0.15) is 0 Å². The van der Waals surface area contributed by atoms with Gasteiger partial charge in [0, 0.05) is 0 Å². The quantitative estimate of drug-likeness (QED) is 0.549. The maximum absolute atomic E-state index is 2.60. The van der Waals surface area contributed by atoms with Crippen LogP contribution in [0, 0.1) is 29.1 Å². The Morgan fingerprint density at radius 1 is 1.11 bits per heavy atom. The van der Waals surface area contributed by atoms with E-state index in [-0.39, 0.29) is 0 Å². The van der Waals surface area contributed by atoms with Gasteiger partial charge in [0.05, 0.1) is 0 Å². The molecule has 0 bridgehead atoms. The van der Waals surface area contributed by atoms with E-state index in [9.17, 15) is 0 Å². The van der Waals surface area contributed by atoms with Crippen molar-refractivity contribution in [3.8, 4) is 0 Å². The fraction of sp³-hybridized carbons (Fsp3) is 0.889. The van der Waals surface area contributed by atoms with Crippen molar-refractivity contribution in [1.29, 1.82) is 0 Å². The summed E-state index contributed by atoms with van der Waals surface area (Å²) in [5, 5.41) is 0. The van der Waals surface area contributed by atoms with Gasteiger partial charge < -0.3 is 0 Å². The number of hydrogen-bond acceptors (Lipinski definition) is 0. The van der Waals surface area contributed by atoms with Gasteiger partial charge in [-0.2, -0.15) is 0 Å². The number of hydrogen-bond donors (Lipinski definition) is 0. The molecule has 104 valence electrons. The highest BCUT2D eigenvalue weighted by atomic mass is 14.5. The molecule has 0 heterocycles. The first-order valence-electron chi connectivity index (χ1n) is 8.20. The molecule has 0 N–H and O–H groups in total. The third kappa shape index (κ3) is 2.83. The molecule has 2 rings (SSSR count). The van der Waals surface area contributed by atoms with Gasteiger partial charge in [-0.1, -0.05) is 52.7 Å². The Kier molecular flexibility index (Phi) is 4.56. The van der Waals surface area contributed by atoms with Crippen LogP contribution in [0.15, 0.2) is 12.2 Å². The fourth-order valence-corrected chi connectivity index (χ4v) is 4.67. The summed E-state index contributed by atoms with van der Waals surface area (Å²) in [6.45, 7) is 9.68. The van der Waals surface area contributed by atoms with Crippen molar-refractivity contribution in [3.63, 3.8) is 0 Å². The molecule has 0 aromatic rings. The lowest BCUT2D eigenvalue weighted by molar-refractivity contribution is 0.0809. The Hall–Kier alpha value is -0.260. The van der Waals surface area contributed by atoms with Crippen molar-refractivity contribution in [3.05, 3.63) is 12.2 Å². The van der Waals surface area contributed by atoms with Crippen LogP contribution in [0.2, 0.25) is 0 Å². The maximum atomic E-state index is 2.60. The zero-order valence-corrected chi connectivity index (χ0v) is 12.9. The smallest absolute Gasteiger partial charge is 0.0228 e. The van der Waals surface area contributed by atoms with Gasteiger partial charge in [-0.15, -0.1) is 0 Å². The first kappa shape index (κ1) is 14.2. The predicted molar refractivity (Wildman–Crippen MR) is 80.5 cm³/mol. The highest BCUT2D eigenvalue weighted by Gasteiger charge is 2.48. The molecule has 0 aliphatic heterocycles. The lowest BCUT2D eigenvalue weighted by Gasteiger charge is -2.42. The molecule has 2 aliphatic rings. The standard InChI is InChI=1S/C18H32/c1-14(2)8-7-9-15(3)17-12-11-16-10-5-6-13-18(16,17)4/h7,9,14-17H,5-6,8,10-13H2,1-4H3/b9-7-/t15-,16-,17-,18+/m1/s1. The summed E-state index contributed by atoms with van der Waals surface area (Å²) in [5.41, 5.74) is 0.667. The van der Waals surface area contributed by atoms with E-state index >= 15 is 0 Å². The Morgan fingerprint density at radius 2 is 1.89 bits per heavy atom. The van der Waals surface area contributed by atoms with Crippen LogP contribution in [-0.4, -0.2) is 0 Å². The van der Waals surface area contributed by atoms with Crippen molar-refractivity contribution >= 4 is 0 Å². The van der Waals surface area contributed by atoms with Gasteiger partial charge in [0.15, 0.2) is 0 Å². The summed E-state index contributed by atoms with van der Waals surface area (Å²) in [6.07, 6.45) is 15.2.